The van der Waals surface area contributed by atoms with Crippen molar-refractivity contribution in [2.24, 2.45) is 0 Å². The van der Waals surface area contributed by atoms with Gasteiger partial charge in [0.25, 0.3) is 17.5 Å². The number of amides is 2. The number of unbranched alkanes of at least 4 members (excludes halogenated alkanes) is 5. The van der Waals surface area contributed by atoms with Crippen LogP contribution >= 0.6 is 24.0 Å². The number of hydrazine groups is 1. The zero-order valence-corrected chi connectivity index (χ0v) is 21.0. The summed E-state index contributed by atoms with van der Waals surface area (Å²) in [6.45, 7) is 2.88. The molecule has 1 aliphatic rings. The van der Waals surface area contributed by atoms with Crippen LogP contribution in [0.2, 0.25) is 0 Å². The van der Waals surface area contributed by atoms with Gasteiger partial charge in [-0.3, -0.25) is 25.1 Å². The average Bonchev–Trinajstić information content (AvgIpc) is 3.11. The number of carbonyl (C=O) groups is 2. The van der Waals surface area contributed by atoms with Gasteiger partial charge in [-0.05, 0) is 54.5 Å². The molecule has 0 radical (unpaired) electrons. The molecule has 184 valence electrons. The molecule has 1 aliphatic heterocycles. The van der Waals surface area contributed by atoms with Crippen LogP contribution in [-0.2, 0) is 4.79 Å². The molecule has 3 rings (SSSR count). The van der Waals surface area contributed by atoms with Crippen molar-refractivity contribution in [3.8, 4) is 5.75 Å². The Kier molecular flexibility index (Phi) is 9.80. The van der Waals surface area contributed by atoms with Crippen LogP contribution in [0.5, 0.6) is 5.75 Å². The highest BCUT2D eigenvalue weighted by Gasteiger charge is 2.33. The number of nitrogens with zero attached hydrogens (tertiary/aromatic N) is 2. The zero-order chi connectivity index (χ0) is 25.2. The van der Waals surface area contributed by atoms with Crippen LogP contribution in [0.4, 0.5) is 5.69 Å². The van der Waals surface area contributed by atoms with Crippen LogP contribution in [-0.4, -0.2) is 32.7 Å². The SMILES string of the molecule is CCCCCCCCOc1ccc(C=C2SC(=S)N(NC(=O)c3ccc([N+](=O)[O-])cc3)C2=O)cc1. The third-order valence-corrected chi connectivity index (χ3v) is 6.59. The lowest BCUT2D eigenvalue weighted by molar-refractivity contribution is -0.384. The van der Waals surface area contributed by atoms with E-state index in [2.05, 4.69) is 12.3 Å². The number of non-ortho nitro benzene ring substituents is 1. The molecule has 10 heteroatoms. The molecule has 0 bridgehead atoms. The standard InChI is InChI=1S/C25H27N3O5S2/c1-2-3-4-5-6-7-16-33-21-14-8-18(9-15-21)17-22-24(30)27(25(34)35-22)26-23(29)19-10-12-20(13-11-19)28(31)32/h8-15,17H,2-7,16H2,1H3,(H,26,29). The molecule has 0 unspecified atom stereocenters. The van der Waals surface area contributed by atoms with Gasteiger partial charge in [0.15, 0.2) is 4.32 Å². The largest absolute Gasteiger partial charge is 0.494 e. The normalized spacial score (nSPS) is 14.4. The first kappa shape index (κ1) is 26.4. The second-order valence-electron chi connectivity index (χ2n) is 7.95. The van der Waals surface area contributed by atoms with E-state index < -0.39 is 16.7 Å². The van der Waals surface area contributed by atoms with Gasteiger partial charge in [-0.1, -0.05) is 62.9 Å². The lowest BCUT2D eigenvalue weighted by atomic mass is 10.1. The van der Waals surface area contributed by atoms with Crippen LogP contribution in [0.1, 0.15) is 61.4 Å². The maximum Gasteiger partial charge on any atom is 0.285 e. The van der Waals surface area contributed by atoms with Crippen molar-refractivity contribution in [3.05, 3.63) is 74.7 Å². The quantitative estimate of drug-likeness (QED) is 0.124. The first-order valence-electron chi connectivity index (χ1n) is 11.5. The van der Waals surface area contributed by atoms with Crippen LogP contribution < -0.4 is 10.2 Å². The second-order valence-corrected chi connectivity index (χ2v) is 9.62. The van der Waals surface area contributed by atoms with Gasteiger partial charge in [0, 0.05) is 17.7 Å². The summed E-state index contributed by atoms with van der Waals surface area (Å²) < 4.78 is 5.98. The highest BCUT2D eigenvalue weighted by molar-refractivity contribution is 8.26. The molecule has 2 aromatic carbocycles. The first-order chi connectivity index (χ1) is 16.9. The van der Waals surface area contributed by atoms with Gasteiger partial charge in [-0.15, -0.1) is 0 Å². The van der Waals surface area contributed by atoms with Gasteiger partial charge in [0.1, 0.15) is 5.75 Å². The Balaban J connectivity index is 1.53. The fourth-order valence-corrected chi connectivity index (χ4v) is 4.53. The average molecular weight is 514 g/mol. The number of benzene rings is 2. The Morgan fingerprint density at radius 1 is 1.09 bits per heavy atom. The zero-order valence-electron chi connectivity index (χ0n) is 19.4. The number of nitro benzene ring substituents is 1. The van der Waals surface area contributed by atoms with E-state index in [0.717, 1.165) is 34.5 Å². The summed E-state index contributed by atoms with van der Waals surface area (Å²) in [6, 6.07) is 12.5. The molecule has 2 aromatic rings. The fraction of sp³-hybridized carbons (Fsp3) is 0.320. The van der Waals surface area contributed by atoms with Gasteiger partial charge in [0.2, 0.25) is 0 Å². The van der Waals surface area contributed by atoms with Crippen molar-refractivity contribution in [1.82, 2.24) is 10.4 Å². The number of nitro groups is 1. The molecule has 0 spiro atoms. The summed E-state index contributed by atoms with van der Waals surface area (Å²) in [7, 11) is 0. The Morgan fingerprint density at radius 2 is 1.74 bits per heavy atom. The van der Waals surface area contributed by atoms with Gasteiger partial charge in [-0.2, -0.15) is 5.01 Å². The molecular weight excluding hydrogens is 486 g/mol. The minimum absolute atomic E-state index is 0.131. The minimum atomic E-state index is -0.593. The molecule has 1 heterocycles. The molecule has 0 saturated carbocycles. The molecular formula is C25H27N3O5S2. The maximum atomic E-state index is 12.8. The Hall–Kier alpha value is -3.24. The summed E-state index contributed by atoms with van der Waals surface area (Å²) in [5.74, 6) is -0.262. The maximum absolute atomic E-state index is 12.8. The summed E-state index contributed by atoms with van der Waals surface area (Å²) in [5.41, 5.74) is 3.31. The van der Waals surface area contributed by atoms with Gasteiger partial charge < -0.3 is 4.74 Å². The second kappa shape index (κ2) is 13.0. The number of carbonyl (C=O) groups excluding carboxylic acids is 2. The van der Waals surface area contributed by atoms with Crippen molar-refractivity contribution in [1.29, 1.82) is 0 Å². The Bertz CT molecular complexity index is 1100. The molecule has 0 atom stereocenters. The highest BCUT2D eigenvalue weighted by Crippen LogP contribution is 2.31. The number of hydrogen-bond donors (Lipinski definition) is 1. The molecule has 2 amide bonds. The van der Waals surface area contributed by atoms with Crippen molar-refractivity contribution in [2.75, 3.05) is 6.61 Å². The van der Waals surface area contributed by atoms with Crippen LogP contribution in [0.15, 0.2) is 53.4 Å². The molecule has 0 aliphatic carbocycles. The van der Waals surface area contributed by atoms with E-state index in [4.69, 9.17) is 17.0 Å². The van der Waals surface area contributed by atoms with Crippen molar-refractivity contribution in [3.63, 3.8) is 0 Å². The van der Waals surface area contributed by atoms with E-state index in [0.29, 0.717) is 11.5 Å². The molecule has 1 fully saturated rings. The van der Waals surface area contributed by atoms with E-state index in [9.17, 15) is 19.7 Å². The smallest absolute Gasteiger partial charge is 0.285 e. The molecule has 1 saturated heterocycles. The van der Waals surface area contributed by atoms with Crippen LogP contribution in [0.3, 0.4) is 0 Å². The number of hydrogen-bond acceptors (Lipinski definition) is 7. The van der Waals surface area contributed by atoms with Crippen LogP contribution in [0, 0.1) is 10.1 Å². The molecule has 35 heavy (non-hydrogen) atoms. The topological polar surface area (TPSA) is 102 Å². The fourth-order valence-electron chi connectivity index (χ4n) is 3.35. The summed E-state index contributed by atoms with van der Waals surface area (Å²) in [4.78, 5) is 35.9. The van der Waals surface area contributed by atoms with Crippen LogP contribution in [0.25, 0.3) is 6.08 Å². The number of ether oxygens (including phenoxy) is 1. The van der Waals surface area contributed by atoms with Crippen molar-refractivity contribution >= 4 is 51.9 Å². The number of nitrogens with one attached hydrogen (secondary N) is 1. The summed E-state index contributed by atoms with van der Waals surface area (Å²) >= 11 is 6.33. The molecule has 0 aromatic heterocycles. The summed E-state index contributed by atoms with van der Waals surface area (Å²) in [6.07, 6.45) is 8.94. The van der Waals surface area contributed by atoms with E-state index in [1.807, 2.05) is 24.3 Å². The third-order valence-electron chi connectivity index (χ3n) is 5.29. The predicted octanol–water partition coefficient (Wildman–Crippen LogP) is 5.88. The van der Waals surface area contributed by atoms with E-state index >= 15 is 0 Å². The lowest BCUT2D eigenvalue weighted by Gasteiger charge is -2.15. The highest BCUT2D eigenvalue weighted by atomic mass is 32.2. The Labute approximate surface area is 213 Å². The lowest BCUT2D eigenvalue weighted by Crippen LogP contribution is -2.44. The first-order valence-corrected chi connectivity index (χ1v) is 12.7. The van der Waals surface area contributed by atoms with Crippen molar-refractivity contribution < 1.29 is 19.2 Å². The molecule has 8 nitrogen and oxygen atoms in total. The Morgan fingerprint density at radius 3 is 2.40 bits per heavy atom. The number of thioether (sulfide) groups is 1. The predicted molar refractivity (Wildman–Crippen MR) is 141 cm³/mol. The minimum Gasteiger partial charge on any atom is -0.494 e. The van der Waals surface area contributed by atoms with E-state index in [1.165, 1.54) is 56.4 Å². The molecule has 1 N–H and O–H groups in total. The van der Waals surface area contributed by atoms with E-state index in [1.54, 1.807) is 6.08 Å². The third kappa shape index (κ3) is 7.63. The monoisotopic (exact) mass is 513 g/mol. The van der Waals surface area contributed by atoms with E-state index in [-0.39, 0.29) is 15.6 Å². The summed E-state index contributed by atoms with van der Waals surface area (Å²) in [5, 5.41) is 11.8. The van der Waals surface area contributed by atoms with Gasteiger partial charge in [-0.25, -0.2) is 0 Å². The van der Waals surface area contributed by atoms with Crippen molar-refractivity contribution in [2.45, 2.75) is 45.4 Å². The van der Waals surface area contributed by atoms with Gasteiger partial charge in [0.05, 0.1) is 16.4 Å². The number of rotatable bonds is 12. The number of thiocarbonyl (C=S) groups is 1. The van der Waals surface area contributed by atoms with Gasteiger partial charge >= 0.3 is 0 Å².